The summed E-state index contributed by atoms with van der Waals surface area (Å²) in [6.45, 7) is -1.70. The van der Waals surface area contributed by atoms with Gasteiger partial charge < -0.3 is 10.6 Å². The summed E-state index contributed by atoms with van der Waals surface area (Å²) < 4.78 is 93.0. The number of nitriles is 1. The number of halogens is 7. The Labute approximate surface area is 201 Å². The summed E-state index contributed by atoms with van der Waals surface area (Å²) in [5, 5.41) is 13.4. The maximum atomic E-state index is 14.1. The molecule has 1 atom stereocenters. The normalized spacial score (nSPS) is 13.4. The molecule has 3 rings (SSSR count). The molecule has 3 aromatic rings. The van der Waals surface area contributed by atoms with Crippen LogP contribution in [0.25, 0.3) is 0 Å². The van der Waals surface area contributed by atoms with Gasteiger partial charge >= 0.3 is 18.4 Å². The van der Waals surface area contributed by atoms with Crippen LogP contribution in [0, 0.1) is 17.1 Å². The fourth-order valence-electron chi connectivity index (χ4n) is 3.74. The third kappa shape index (κ3) is 6.33. The van der Waals surface area contributed by atoms with E-state index >= 15 is 0 Å². The highest BCUT2D eigenvalue weighted by Crippen LogP contribution is 2.39. The van der Waals surface area contributed by atoms with E-state index in [0.29, 0.717) is 17.7 Å². The van der Waals surface area contributed by atoms with Crippen molar-refractivity contribution in [1.82, 2.24) is 10.6 Å². The average Bonchev–Trinajstić information content (AvgIpc) is 2.82. The molecule has 0 radical (unpaired) electrons. The molecule has 0 saturated heterocycles. The quantitative estimate of drug-likeness (QED) is 0.397. The van der Waals surface area contributed by atoms with E-state index in [2.05, 4.69) is 5.32 Å². The maximum Gasteiger partial charge on any atom is 0.419 e. The van der Waals surface area contributed by atoms with Crippen LogP contribution >= 0.6 is 0 Å². The second-order valence-electron chi connectivity index (χ2n) is 7.88. The molecule has 2 N–H and O–H groups in total. The Morgan fingerprint density at radius 1 is 0.861 bits per heavy atom. The van der Waals surface area contributed by atoms with E-state index in [1.165, 1.54) is 24.3 Å². The minimum Gasteiger partial charge on any atom is -0.329 e. The number of nitrogens with zero attached hydrogens (tertiary/aromatic N) is 1. The first kappa shape index (κ1) is 26.5. The van der Waals surface area contributed by atoms with Gasteiger partial charge in [-0.1, -0.05) is 48.5 Å². The first-order valence-electron chi connectivity index (χ1n) is 10.4. The number of amides is 2. The number of alkyl halides is 6. The van der Waals surface area contributed by atoms with Gasteiger partial charge in [-0.25, -0.2) is 9.18 Å². The van der Waals surface area contributed by atoms with Crippen molar-refractivity contribution in [1.29, 1.82) is 5.26 Å². The largest absolute Gasteiger partial charge is 0.419 e. The highest BCUT2D eigenvalue weighted by Gasteiger charge is 2.41. The fraction of sp³-hybridized carbons (Fsp3) is 0.200. The van der Waals surface area contributed by atoms with Gasteiger partial charge in [-0.05, 0) is 41.0 Å². The summed E-state index contributed by atoms with van der Waals surface area (Å²) in [6, 6.07) is 16.3. The second-order valence-corrected chi connectivity index (χ2v) is 7.88. The molecule has 0 fully saturated rings. The molecule has 4 nitrogen and oxygen atoms in total. The summed E-state index contributed by atoms with van der Waals surface area (Å²) in [5.74, 6) is -1.56. The molecule has 11 heteroatoms. The monoisotopic (exact) mass is 509 g/mol. The second kappa shape index (κ2) is 10.3. The van der Waals surface area contributed by atoms with Crippen LogP contribution in [0.3, 0.4) is 0 Å². The van der Waals surface area contributed by atoms with Crippen molar-refractivity contribution in [2.75, 3.05) is 6.54 Å². The molecule has 0 saturated carbocycles. The van der Waals surface area contributed by atoms with Crippen molar-refractivity contribution in [2.45, 2.75) is 24.3 Å². The Morgan fingerprint density at radius 3 is 2.14 bits per heavy atom. The average molecular weight is 509 g/mol. The number of nitrogens with one attached hydrogen (secondary N) is 2. The fourth-order valence-corrected chi connectivity index (χ4v) is 3.74. The maximum absolute atomic E-state index is 14.1. The minimum atomic E-state index is -5.09. The molecule has 3 aromatic carbocycles. The molecule has 0 aliphatic rings. The standard InChI is InChI=1S/C25H18F7N3O/c26-21-10-9-19(12-20(21)25(30,31)32)23(13-16-5-2-1-3-6-16,18-8-4-7-17(11-18)14-33)35-22(36)34-15-24(27,28)29/h1-12H,13,15H2,(H2,34,35,36). The van der Waals surface area contributed by atoms with Crippen LogP contribution in [0.1, 0.15) is 27.8 Å². The topological polar surface area (TPSA) is 64.9 Å². The summed E-state index contributed by atoms with van der Waals surface area (Å²) >= 11 is 0. The molecule has 0 heterocycles. The van der Waals surface area contributed by atoms with E-state index in [0.717, 1.165) is 6.07 Å². The molecule has 188 valence electrons. The lowest BCUT2D eigenvalue weighted by molar-refractivity contribution is -0.140. The Hall–Kier alpha value is -4.07. The van der Waals surface area contributed by atoms with Crippen LogP contribution in [-0.2, 0) is 18.1 Å². The van der Waals surface area contributed by atoms with E-state index in [1.54, 1.807) is 35.6 Å². The Kier molecular flexibility index (Phi) is 7.57. The number of carbonyl (C=O) groups is 1. The van der Waals surface area contributed by atoms with Gasteiger partial charge in [-0.15, -0.1) is 0 Å². The molecule has 0 aliphatic heterocycles. The smallest absolute Gasteiger partial charge is 0.329 e. The lowest BCUT2D eigenvalue weighted by atomic mass is 9.77. The van der Waals surface area contributed by atoms with Crippen LogP contribution in [0.4, 0.5) is 35.5 Å². The molecular weight excluding hydrogens is 491 g/mol. The highest BCUT2D eigenvalue weighted by molar-refractivity contribution is 5.76. The number of hydrogen-bond donors (Lipinski definition) is 2. The number of carbonyl (C=O) groups excluding carboxylic acids is 1. The molecule has 1 unspecified atom stereocenters. The van der Waals surface area contributed by atoms with Crippen LogP contribution in [0.5, 0.6) is 0 Å². The zero-order valence-corrected chi connectivity index (χ0v) is 18.3. The van der Waals surface area contributed by atoms with Crippen molar-refractivity contribution in [3.05, 3.63) is 106 Å². The molecule has 2 amide bonds. The van der Waals surface area contributed by atoms with Crippen LogP contribution in [0.2, 0.25) is 0 Å². The van der Waals surface area contributed by atoms with E-state index in [1.807, 2.05) is 6.07 Å². The van der Waals surface area contributed by atoms with Gasteiger partial charge in [0.1, 0.15) is 12.4 Å². The third-order valence-corrected chi connectivity index (χ3v) is 5.34. The zero-order chi connectivity index (χ0) is 26.6. The first-order chi connectivity index (χ1) is 16.8. The number of benzene rings is 3. The lowest BCUT2D eigenvalue weighted by Gasteiger charge is -2.37. The van der Waals surface area contributed by atoms with Crippen LogP contribution < -0.4 is 10.6 Å². The Balaban J connectivity index is 2.27. The summed E-state index contributed by atoms with van der Waals surface area (Å²) in [7, 11) is 0. The van der Waals surface area contributed by atoms with E-state index in [4.69, 9.17) is 0 Å². The number of urea groups is 1. The van der Waals surface area contributed by atoms with Gasteiger partial charge in [0.15, 0.2) is 0 Å². The van der Waals surface area contributed by atoms with Gasteiger partial charge in [-0.3, -0.25) is 0 Å². The summed E-state index contributed by atoms with van der Waals surface area (Å²) in [4.78, 5) is 12.7. The Bertz CT molecular complexity index is 1270. The zero-order valence-electron chi connectivity index (χ0n) is 18.3. The molecule has 0 bridgehead atoms. The molecule has 0 aliphatic carbocycles. The van der Waals surface area contributed by atoms with Crippen molar-refractivity contribution in [3.8, 4) is 6.07 Å². The predicted octanol–water partition coefficient (Wildman–Crippen LogP) is 6.06. The van der Waals surface area contributed by atoms with E-state index in [9.17, 15) is 40.8 Å². The number of hydrogen-bond acceptors (Lipinski definition) is 2. The lowest BCUT2D eigenvalue weighted by Crippen LogP contribution is -2.53. The van der Waals surface area contributed by atoms with Gasteiger partial charge in [0, 0.05) is 6.42 Å². The first-order valence-corrected chi connectivity index (χ1v) is 10.4. The van der Waals surface area contributed by atoms with Gasteiger partial charge in [-0.2, -0.15) is 31.6 Å². The van der Waals surface area contributed by atoms with Crippen molar-refractivity contribution in [2.24, 2.45) is 0 Å². The van der Waals surface area contributed by atoms with Gasteiger partial charge in [0.05, 0.1) is 22.7 Å². The predicted molar refractivity (Wildman–Crippen MR) is 116 cm³/mol. The van der Waals surface area contributed by atoms with E-state index < -0.39 is 41.8 Å². The Morgan fingerprint density at radius 2 is 1.53 bits per heavy atom. The summed E-state index contributed by atoms with van der Waals surface area (Å²) in [5.41, 5.74) is -3.11. The van der Waals surface area contributed by atoms with Crippen LogP contribution in [-0.4, -0.2) is 18.8 Å². The summed E-state index contributed by atoms with van der Waals surface area (Å²) in [6.07, 6.45) is -10.1. The number of rotatable bonds is 6. The van der Waals surface area contributed by atoms with Crippen molar-refractivity contribution < 1.29 is 35.5 Å². The molecular formula is C25H18F7N3O. The minimum absolute atomic E-state index is 0.0839. The third-order valence-electron chi connectivity index (χ3n) is 5.34. The van der Waals surface area contributed by atoms with Gasteiger partial charge in [0.2, 0.25) is 0 Å². The van der Waals surface area contributed by atoms with Crippen molar-refractivity contribution in [3.63, 3.8) is 0 Å². The molecule has 36 heavy (non-hydrogen) atoms. The molecule has 0 spiro atoms. The van der Waals surface area contributed by atoms with Crippen LogP contribution in [0.15, 0.2) is 72.8 Å². The van der Waals surface area contributed by atoms with Gasteiger partial charge in [0.25, 0.3) is 0 Å². The highest BCUT2D eigenvalue weighted by atomic mass is 19.4. The van der Waals surface area contributed by atoms with E-state index in [-0.39, 0.29) is 23.1 Å². The van der Waals surface area contributed by atoms with Crippen molar-refractivity contribution >= 4 is 6.03 Å². The molecule has 0 aromatic heterocycles. The SMILES string of the molecule is N#Cc1cccc(C(Cc2ccccc2)(NC(=O)NCC(F)(F)F)c2ccc(F)c(C(F)(F)F)c2)c1.